The number of amides is 1. The van der Waals surface area contributed by atoms with Crippen molar-refractivity contribution in [2.45, 2.75) is 26.7 Å². The average Bonchev–Trinajstić information content (AvgIpc) is 2.35. The number of aliphatic carboxylic acids is 1. The van der Waals surface area contributed by atoms with Crippen LogP contribution in [0.25, 0.3) is 0 Å². The molecule has 1 aromatic rings. The van der Waals surface area contributed by atoms with Gasteiger partial charge in [0, 0.05) is 6.54 Å². The number of carboxylic acid groups (broad SMARTS) is 1. The molecule has 2 N–H and O–H groups in total. The molecule has 1 amide bonds. The number of carboxylic acids is 1. The van der Waals surface area contributed by atoms with Gasteiger partial charge >= 0.3 is 5.97 Å². The fourth-order valence-corrected chi connectivity index (χ4v) is 1.92. The minimum atomic E-state index is -0.853. The lowest BCUT2D eigenvalue weighted by molar-refractivity contribution is -0.142. The van der Waals surface area contributed by atoms with Crippen LogP contribution in [0.5, 0.6) is 0 Å². The molecule has 0 bridgehead atoms. The maximum Gasteiger partial charge on any atom is 0.308 e. The van der Waals surface area contributed by atoms with Crippen LogP contribution in [0.4, 0.5) is 0 Å². The number of hydrogen-bond donors (Lipinski definition) is 2. The smallest absolute Gasteiger partial charge is 0.308 e. The fraction of sp³-hybridized carbons (Fsp3) is 0.467. The third-order valence-electron chi connectivity index (χ3n) is 2.86. The van der Waals surface area contributed by atoms with Gasteiger partial charge < -0.3 is 10.4 Å². The van der Waals surface area contributed by atoms with Gasteiger partial charge in [-0.2, -0.15) is 0 Å². The largest absolute Gasteiger partial charge is 0.481 e. The number of benzene rings is 1. The predicted octanol–water partition coefficient (Wildman–Crippen LogP) is 2.09. The van der Waals surface area contributed by atoms with Crippen molar-refractivity contribution in [3.05, 3.63) is 35.9 Å². The normalized spacial score (nSPS) is 12.2. The van der Waals surface area contributed by atoms with Gasteiger partial charge in [-0.3, -0.25) is 9.59 Å². The average molecular weight is 263 g/mol. The zero-order valence-corrected chi connectivity index (χ0v) is 11.4. The van der Waals surface area contributed by atoms with Gasteiger partial charge in [0.05, 0.1) is 12.3 Å². The topological polar surface area (TPSA) is 66.4 Å². The van der Waals surface area contributed by atoms with Crippen LogP contribution in [0.2, 0.25) is 0 Å². The van der Waals surface area contributed by atoms with Crippen LogP contribution < -0.4 is 5.32 Å². The molecule has 0 saturated carbocycles. The van der Waals surface area contributed by atoms with Crippen LogP contribution >= 0.6 is 0 Å². The second-order valence-corrected chi connectivity index (χ2v) is 5.13. The van der Waals surface area contributed by atoms with E-state index in [1.807, 2.05) is 44.2 Å². The van der Waals surface area contributed by atoms with Crippen LogP contribution in [0.3, 0.4) is 0 Å². The Balaban J connectivity index is 2.42. The van der Waals surface area contributed by atoms with Crippen LogP contribution in [0.15, 0.2) is 30.3 Å². The quantitative estimate of drug-likeness (QED) is 0.791. The van der Waals surface area contributed by atoms with E-state index in [4.69, 9.17) is 5.11 Å². The molecule has 1 unspecified atom stereocenters. The summed E-state index contributed by atoms with van der Waals surface area (Å²) in [5, 5.41) is 11.8. The molecule has 0 aromatic heterocycles. The summed E-state index contributed by atoms with van der Waals surface area (Å²) in [6, 6.07) is 9.40. The number of hydrogen-bond acceptors (Lipinski definition) is 2. The highest BCUT2D eigenvalue weighted by Gasteiger charge is 2.19. The van der Waals surface area contributed by atoms with Crippen molar-refractivity contribution in [2.24, 2.45) is 11.8 Å². The molecule has 0 fully saturated rings. The van der Waals surface area contributed by atoms with Gasteiger partial charge in [-0.15, -0.1) is 0 Å². The van der Waals surface area contributed by atoms with E-state index in [2.05, 4.69) is 5.32 Å². The van der Waals surface area contributed by atoms with Gasteiger partial charge in [-0.05, 0) is 17.9 Å². The number of carbonyl (C=O) groups is 2. The number of rotatable bonds is 7. The molecule has 1 rings (SSSR count). The van der Waals surface area contributed by atoms with Gasteiger partial charge in [-0.25, -0.2) is 0 Å². The first kappa shape index (κ1) is 15.2. The van der Waals surface area contributed by atoms with Crippen molar-refractivity contribution in [1.82, 2.24) is 5.32 Å². The highest BCUT2D eigenvalue weighted by atomic mass is 16.4. The van der Waals surface area contributed by atoms with Crippen LogP contribution in [-0.2, 0) is 16.0 Å². The molecule has 0 radical (unpaired) electrons. The molecule has 0 spiro atoms. The van der Waals surface area contributed by atoms with Crippen LogP contribution in [0, 0.1) is 11.8 Å². The van der Waals surface area contributed by atoms with Crippen molar-refractivity contribution in [2.75, 3.05) is 6.54 Å². The van der Waals surface area contributed by atoms with E-state index in [1.54, 1.807) is 0 Å². The predicted molar refractivity (Wildman–Crippen MR) is 73.7 cm³/mol. The maximum atomic E-state index is 11.7. The van der Waals surface area contributed by atoms with E-state index in [0.29, 0.717) is 12.3 Å². The van der Waals surface area contributed by atoms with Gasteiger partial charge in [0.25, 0.3) is 0 Å². The summed E-state index contributed by atoms with van der Waals surface area (Å²) in [4.78, 5) is 22.8. The van der Waals surface area contributed by atoms with Crippen LogP contribution in [0.1, 0.15) is 25.8 Å². The molecular weight excluding hydrogens is 242 g/mol. The van der Waals surface area contributed by atoms with E-state index < -0.39 is 11.9 Å². The molecule has 19 heavy (non-hydrogen) atoms. The Morgan fingerprint density at radius 2 is 1.84 bits per heavy atom. The molecule has 4 heteroatoms. The second-order valence-electron chi connectivity index (χ2n) is 5.13. The third-order valence-corrected chi connectivity index (χ3v) is 2.86. The van der Waals surface area contributed by atoms with E-state index in [1.165, 1.54) is 0 Å². The number of nitrogens with one attached hydrogen (secondary N) is 1. The highest BCUT2D eigenvalue weighted by Crippen LogP contribution is 2.11. The van der Waals surface area contributed by atoms with Gasteiger partial charge in [0.15, 0.2) is 0 Å². The van der Waals surface area contributed by atoms with E-state index in [-0.39, 0.29) is 18.9 Å². The minimum absolute atomic E-state index is 0.138. The summed E-state index contributed by atoms with van der Waals surface area (Å²) >= 11 is 0. The van der Waals surface area contributed by atoms with Crippen molar-refractivity contribution >= 4 is 11.9 Å². The number of carbonyl (C=O) groups excluding carboxylic acids is 1. The maximum absolute atomic E-state index is 11.7. The molecule has 4 nitrogen and oxygen atoms in total. The first-order valence-corrected chi connectivity index (χ1v) is 6.52. The van der Waals surface area contributed by atoms with Crippen molar-refractivity contribution in [3.8, 4) is 0 Å². The Bertz CT molecular complexity index is 415. The standard InChI is InChI=1S/C15H21NO3/c1-11(2)8-13(15(18)19)10-16-14(17)9-12-6-4-3-5-7-12/h3-7,11,13H,8-10H2,1-2H3,(H,16,17)(H,18,19). The van der Waals surface area contributed by atoms with Gasteiger partial charge in [0.1, 0.15) is 0 Å². The first-order chi connectivity index (χ1) is 8.99. The van der Waals surface area contributed by atoms with Crippen molar-refractivity contribution < 1.29 is 14.7 Å². The SMILES string of the molecule is CC(C)CC(CNC(=O)Cc1ccccc1)C(=O)O. The monoisotopic (exact) mass is 263 g/mol. The molecule has 0 aliphatic heterocycles. The molecule has 0 aliphatic carbocycles. The first-order valence-electron chi connectivity index (χ1n) is 6.52. The molecule has 1 atom stereocenters. The van der Waals surface area contributed by atoms with Gasteiger partial charge in [-0.1, -0.05) is 44.2 Å². The Morgan fingerprint density at radius 1 is 1.21 bits per heavy atom. The molecule has 0 heterocycles. The Hall–Kier alpha value is -1.84. The summed E-state index contributed by atoms with van der Waals surface area (Å²) in [5.74, 6) is -1.21. The molecule has 104 valence electrons. The molecular formula is C15H21NO3. The summed E-state index contributed by atoms with van der Waals surface area (Å²) in [6.45, 7) is 4.14. The highest BCUT2D eigenvalue weighted by molar-refractivity contribution is 5.79. The van der Waals surface area contributed by atoms with Crippen molar-refractivity contribution in [3.63, 3.8) is 0 Å². The third kappa shape index (κ3) is 6.04. The Kier molecular flexibility index (Phi) is 6.06. The van der Waals surface area contributed by atoms with Crippen molar-refractivity contribution in [1.29, 1.82) is 0 Å². The second kappa shape index (κ2) is 7.56. The minimum Gasteiger partial charge on any atom is -0.481 e. The Morgan fingerprint density at radius 3 is 2.37 bits per heavy atom. The van der Waals surface area contributed by atoms with E-state index in [0.717, 1.165) is 5.56 Å². The zero-order valence-electron chi connectivity index (χ0n) is 11.4. The Labute approximate surface area is 113 Å². The molecule has 0 aliphatic rings. The van der Waals surface area contributed by atoms with Crippen LogP contribution in [-0.4, -0.2) is 23.5 Å². The fourth-order valence-electron chi connectivity index (χ4n) is 1.92. The lowest BCUT2D eigenvalue weighted by Gasteiger charge is -2.15. The summed E-state index contributed by atoms with van der Waals surface area (Å²) in [7, 11) is 0. The van der Waals surface area contributed by atoms with Gasteiger partial charge in [0.2, 0.25) is 5.91 Å². The summed E-state index contributed by atoms with van der Waals surface area (Å²) in [6.07, 6.45) is 0.857. The molecule has 1 aromatic carbocycles. The molecule has 0 saturated heterocycles. The van der Waals surface area contributed by atoms with E-state index in [9.17, 15) is 9.59 Å². The summed E-state index contributed by atoms with van der Waals surface area (Å²) in [5.41, 5.74) is 0.927. The zero-order chi connectivity index (χ0) is 14.3. The lowest BCUT2D eigenvalue weighted by Crippen LogP contribution is -2.34. The lowest BCUT2D eigenvalue weighted by atomic mass is 9.97. The van der Waals surface area contributed by atoms with E-state index >= 15 is 0 Å². The summed E-state index contributed by atoms with van der Waals surface area (Å²) < 4.78 is 0.